The van der Waals surface area contributed by atoms with E-state index in [1.807, 2.05) is 72.8 Å². The number of benzene rings is 4. The van der Waals surface area contributed by atoms with Crippen LogP contribution in [-0.2, 0) is 19.8 Å². The Morgan fingerprint density at radius 3 is 2.09 bits per heavy atom. The van der Waals surface area contributed by atoms with Crippen LogP contribution in [0.1, 0.15) is 27.0 Å². The molecule has 0 saturated heterocycles. The molecule has 0 aliphatic heterocycles. The van der Waals surface area contributed by atoms with Crippen LogP contribution in [0.4, 0.5) is 0 Å². The number of ether oxygens (including phenoxy) is 3. The van der Waals surface area contributed by atoms with Crippen molar-refractivity contribution in [3.8, 4) is 17.2 Å². The van der Waals surface area contributed by atoms with Gasteiger partial charge in [0, 0.05) is 10.6 Å². The van der Waals surface area contributed by atoms with Crippen LogP contribution in [0.2, 0.25) is 5.02 Å². The lowest BCUT2D eigenvalue weighted by Crippen LogP contribution is -2.06. The van der Waals surface area contributed by atoms with Gasteiger partial charge in [-0.05, 0) is 41.5 Å². The van der Waals surface area contributed by atoms with E-state index in [2.05, 4.69) is 0 Å². The Balaban J connectivity index is 1.43. The maximum Gasteiger partial charge on any atom is 0.339 e. The lowest BCUT2D eigenvalue weighted by molar-refractivity contribution is 0.0690. The fourth-order valence-corrected chi connectivity index (χ4v) is 3.49. The van der Waals surface area contributed by atoms with Crippen LogP contribution in [0.15, 0.2) is 97.1 Å². The SMILES string of the molecule is O=C(O)c1cccc(OCc2ccccc2Cl)c1OCc1ccc(OCc2ccccc2)cc1. The molecule has 6 heteroatoms. The van der Waals surface area contributed by atoms with Crippen LogP contribution in [-0.4, -0.2) is 11.1 Å². The first-order chi connectivity index (χ1) is 16.6. The molecule has 5 nitrogen and oxygen atoms in total. The number of hydrogen-bond acceptors (Lipinski definition) is 4. The molecule has 0 aliphatic carbocycles. The maximum absolute atomic E-state index is 11.8. The third kappa shape index (κ3) is 6.09. The molecule has 34 heavy (non-hydrogen) atoms. The van der Waals surface area contributed by atoms with E-state index in [1.54, 1.807) is 18.2 Å². The second-order valence-electron chi connectivity index (χ2n) is 7.52. The highest BCUT2D eigenvalue weighted by atomic mass is 35.5. The molecule has 4 aromatic carbocycles. The molecular weight excluding hydrogens is 452 g/mol. The predicted molar refractivity (Wildman–Crippen MR) is 131 cm³/mol. The summed E-state index contributed by atoms with van der Waals surface area (Å²) in [5.74, 6) is 0.152. The summed E-state index contributed by atoms with van der Waals surface area (Å²) in [7, 11) is 0. The van der Waals surface area contributed by atoms with Gasteiger partial charge in [0.05, 0.1) is 0 Å². The summed E-state index contributed by atoms with van der Waals surface area (Å²) in [6.45, 7) is 0.840. The van der Waals surface area contributed by atoms with Gasteiger partial charge in [-0.25, -0.2) is 4.79 Å². The van der Waals surface area contributed by atoms with Gasteiger partial charge in [0.2, 0.25) is 0 Å². The Hall–Kier alpha value is -3.96. The Morgan fingerprint density at radius 2 is 1.35 bits per heavy atom. The van der Waals surface area contributed by atoms with Crippen molar-refractivity contribution in [3.05, 3.63) is 124 Å². The summed E-state index contributed by atoms with van der Waals surface area (Å²) >= 11 is 6.21. The Bertz CT molecular complexity index is 1240. The Morgan fingerprint density at radius 1 is 0.676 bits per heavy atom. The maximum atomic E-state index is 11.8. The lowest BCUT2D eigenvalue weighted by atomic mass is 10.1. The highest BCUT2D eigenvalue weighted by Gasteiger charge is 2.17. The number of rotatable bonds is 10. The highest BCUT2D eigenvalue weighted by Crippen LogP contribution is 2.33. The number of carboxylic acid groups (broad SMARTS) is 1. The molecule has 0 radical (unpaired) electrons. The molecule has 0 amide bonds. The molecule has 4 rings (SSSR count). The van der Waals surface area contributed by atoms with Gasteiger partial charge in [-0.2, -0.15) is 0 Å². The smallest absolute Gasteiger partial charge is 0.339 e. The number of carboxylic acids is 1. The van der Waals surface area contributed by atoms with Crippen molar-refractivity contribution in [2.24, 2.45) is 0 Å². The lowest BCUT2D eigenvalue weighted by Gasteiger charge is -2.15. The molecule has 4 aromatic rings. The summed E-state index contributed by atoms with van der Waals surface area (Å²) < 4.78 is 17.6. The van der Waals surface area contributed by atoms with E-state index in [0.29, 0.717) is 17.4 Å². The summed E-state index contributed by atoms with van der Waals surface area (Å²) in [5.41, 5.74) is 2.77. The van der Waals surface area contributed by atoms with Crippen molar-refractivity contribution in [2.75, 3.05) is 0 Å². The van der Waals surface area contributed by atoms with E-state index in [1.165, 1.54) is 6.07 Å². The fraction of sp³-hybridized carbons (Fsp3) is 0.107. The van der Waals surface area contributed by atoms with Crippen LogP contribution < -0.4 is 14.2 Å². The molecule has 1 N–H and O–H groups in total. The second-order valence-corrected chi connectivity index (χ2v) is 7.93. The quantitative estimate of drug-likeness (QED) is 0.274. The number of aromatic carboxylic acids is 1. The van der Waals surface area contributed by atoms with Crippen LogP contribution in [0.3, 0.4) is 0 Å². The van der Waals surface area contributed by atoms with Crippen LogP contribution >= 0.6 is 11.6 Å². The zero-order chi connectivity index (χ0) is 23.8. The molecular formula is C28H23ClO5. The second kappa shape index (κ2) is 11.3. The average Bonchev–Trinajstić information content (AvgIpc) is 2.87. The molecule has 0 unspecified atom stereocenters. The Labute approximate surface area is 203 Å². The van der Waals surface area contributed by atoms with Gasteiger partial charge >= 0.3 is 5.97 Å². The number of hydrogen-bond donors (Lipinski definition) is 1. The molecule has 172 valence electrons. The van der Waals surface area contributed by atoms with Gasteiger partial charge in [-0.15, -0.1) is 0 Å². The molecule has 0 bridgehead atoms. The summed E-state index contributed by atoms with van der Waals surface area (Å²) in [5, 5.41) is 10.2. The van der Waals surface area contributed by atoms with Gasteiger partial charge in [-0.1, -0.05) is 78.3 Å². The van der Waals surface area contributed by atoms with E-state index in [0.717, 1.165) is 22.4 Å². The standard InChI is InChI=1S/C28H23ClO5/c29-25-11-5-4-9-22(25)19-33-26-12-6-10-24(28(30)31)27(26)34-18-21-13-15-23(16-14-21)32-17-20-7-2-1-3-8-20/h1-16H,17-19H2,(H,30,31). The van der Waals surface area contributed by atoms with E-state index in [9.17, 15) is 9.90 Å². The van der Waals surface area contributed by atoms with Crippen molar-refractivity contribution in [1.82, 2.24) is 0 Å². The largest absolute Gasteiger partial charge is 0.489 e. The topological polar surface area (TPSA) is 65.0 Å². The zero-order valence-corrected chi connectivity index (χ0v) is 19.1. The predicted octanol–water partition coefficient (Wildman–Crippen LogP) is 6.78. The van der Waals surface area contributed by atoms with Crippen molar-refractivity contribution in [3.63, 3.8) is 0 Å². The average molecular weight is 475 g/mol. The fourth-order valence-electron chi connectivity index (χ4n) is 3.30. The van der Waals surface area contributed by atoms with Gasteiger partial charge in [0.1, 0.15) is 31.1 Å². The van der Waals surface area contributed by atoms with Crippen molar-refractivity contribution < 1.29 is 24.1 Å². The van der Waals surface area contributed by atoms with Gasteiger partial charge in [-0.3, -0.25) is 0 Å². The third-order valence-electron chi connectivity index (χ3n) is 5.11. The molecule has 0 fully saturated rings. The molecule has 0 saturated carbocycles. The van der Waals surface area contributed by atoms with Crippen molar-refractivity contribution in [2.45, 2.75) is 19.8 Å². The monoisotopic (exact) mass is 474 g/mol. The molecule has 0 aliphatic rings. The first-order valence-corrected chi connectivity index (χ1v) is 11.1. The summed E-state index contributed by atoms with van der Waals surface area (Å²) in [4.78, 5) is 11.8. The number of para-hydroxylation sites is 1. The molecule has 0 spiro atoms. The van der Waals surface area contributed by atoms with Gasteiger partial charge in [0.25, 0.3) is 0 Å². The van der Waals surface area contributed by atoms with E-state index in [4.69, 9.17) is 25.8 Å². The van der Waals surface area contributed by atoms with Crippen molar-refractivity contribution >= 4 is 17.6 Å². The molecule has 0 heterocycles. The molecule has 0 aromatic heterocycles. The van der Waals surface area contributed by atoms with Gasteiger partial charge < -0.3 is 19.3 Å². The zero-order valence-electron chi connectivity index (χ0n) is 18.3. The number of halogens is 1. The van der Waals surface area contributed by atoms with E-state index >= 15 is 0 Å². The highest BCUT2D eigenvalue weighted by molar-refractivity contribution is 6.31. The summed E-state index contributed by atoms with van der Waals surface area (Å²) in [6.07, 6.45) is 0. The third-order valence-corrected chi connectivity index (χ3v) is 5.47. The van der Waals surface area contributed by atoms with Crippen LogP contribution in [0, 0.1) is 0 Å². The van der Waals surface area contributed by atoms with E-state index in [-0.39, 0.29) is 24.5 Å². The minimum atomic E-state index is -1.09. The minimum absolute atomic E-state index is 0.0273. The summed E-state index contributed by atoms with van der Waals surface area (Å²) in [6, 6.07) is 29.5. The van der Waals surface area contributed by atoms with Crippen LogP contribution in [0.5, 0.6) is 17.2 Å². The Kier molecular flexibility index (Phi) is 7.68. The van der Waals surface area contributed by atoms with Crippen LogP contribution in [0.25, 0.3) is 0 Å². The molecule has 0 atom stereocenters. The first-order valence-electron chi connectivity index (χ1n) is 10.7. The minimum Gasteiger partial charge on any atom is -0.489 e. The van der Waals surface area contributed by atoms with E-state index < -0.39 is 5.97 Å². The normalized spacial score (nSPS) is 10.5. The van der Waals surface area contributed by atoms with Gasteiger partial charge in [0.15, 0.2) is 11.5 Å². The van der Waals surface area contributed by atoms with Crippen molar-refractivity contribution in [1.29, 1.82) is 0 Å². The number of carbonyl (C=O) groups is 1. The first kappa shape index (κ1) is 23.2.